The van der Waals surface area contributed by atoms with E-state index in [2.05, 4.69) is 15.4 Å². The minimum Gasteiger partial charge on any atom is -0.325 e. The largest absolute Gasteiger partial charge is 0.325 e. The van der Waals surface area contributed by atoms with Crippen molar-refractivity contribution in [3.8, 4) is 5.69 Å². The Hall–Kier alpha value is -2.26. The normalized spacial score (nSPS) is 10.9. The van der Waals surface area contributed by atoms with Gasteiger partial charge >= 0.3 is 0 Å². The van der Waals surface area contributed by atoms with Gasteiger partial charge in [-0.3, -0.25) is 9.78 Å². The third-order valence-electron chi connectivity index (χ3n) is 3.85. The number of carbonyl (C=O) groups is 1. The molecule has 0 fully saturated rings. The minimum atomic E-state index is -0.111. The SMILES string of the molecule is O=C(CSc1nn(-c2ccc(Cl)cc2)c(=S)s1)Nc1cccc2ncccc12. The highest BCUT2D eigenvalue weighted by atomic mass is 35.5. The number of benzene rings is 2. The summed E-state index contributed by atoms with van der Waals surface area (Å²) in [7, 11) is 0. The van der Waals surface area contributed by atoms with Gasteiger partial charge in [-0.25, -0.2) is 4.68 Å². The van der Waals surface area contributed by atoms with E-state index in [0.717, 1.165) is 26.6 Å². The van der Waals surface area contributed by atoms with E-state index in [1.807, 2.05) is 42.5 Å². The highest BCUT2D eigenvalue weighted by Gasteiger charge is 2.11. The molecule has 4 rings (SSSR count). The molecule has 0 unspecified atom stereocenters. The Bertz CT molecular complexity index is 1200. The van der Waals surface area contributed by atoms with Crippen molar-refractivity contribution < 1.29 is 4.79 Å². The fourth-order valence-electron chi connectivity index (χ4n) is 2.59. The van der Waals surface area contributed by atoms with Gasteiger partial charge in [0.2, 0.25) is 5.91 Å². The van der Waals surface area contributed by atoms with E-state index < -0.39 is 0 Å². The van der Waals surface area contributed by atoms with Gasteiger partial charge in [0, 0.05) is 16.6 Å². The summed E-state index contributed by atoms with van der Waals surface area (Å²) < 4.78 is 3.02. The monoisotopic (exact) mass is 444 g/mol. The Morgan fingerprint density at radius 3 is 2.82 bits per heavy atom. The lowest BCUT2D eigenvalue weighted by Gasteiger charge is -2.07. The van der Waals surface area contributed by atoms with Crippen LogP contribution in [-0.2, 0) is 4.79 Å². The Morgan fingerprint density at radius 2 is 2.00 bits per heavy atom. The Balaban J connectivity index is 1.44. The van der Waals surface area contributed by atoms with Crippen LogP contribution in [0.15, 0.2) is 65.1 Å². The third kappa shape index (κ3) is 4.25. The van der Waals surface area contributed by atoms with Crippen molar-refractivity contribution in [2.24, 2.45) is 0 Å². The maximum Gasteiger partial charge on any atom is 0.234 e. The lowest BCUT2D eigenvalue weighted by atomic mass is 10.2. The number of fused-ring (bicyclic) bond motifs is 1. The van der Waals surface area contributed by atoms with Gasteiger partial charge in [-0.15, -0.1) is 5.10 Å². The van der Waals surface area contributed by atoms with Crippen molar-refractivity contribution in [2.75, 3.05) is 11.1 Å². The number of amides is 1. The number of hydrogen-bond donors (Lipinski definition) is 1. The zero-order valence-electron chi connectivity index (χ0n) is 14.3. The molecule has 1 amide bonds. The predicted octanol–water partition coefficient (Wildman–Crippen LogP) is 5.60. The molecule has 0 radical (unpaired) electrons. The lowest BCUT2D eigenvalue weighted by molar-refractivity contribution is -0.113. The second-order valence-electron chi connectivity index (χ2n) is 5.73. The summed E-state index contributed by atoms with van der Waals surface area (Å²) >= 11 is 14.0. The van der Waals surface area contributed by atoms with Gasteiger partial charge in [-0.05, 0) is 60.7 Å². The van der Waals surface area contributed by atoms with Crippen LogP contribution in [0.3, 0.4) is 0 Å². The molecular weight excluding hydrogens is 432 g/mol. The average molecular weight is 445 g/mol. The second kappa shape index (κ2) is 8.40. The highest BCUT2D eigenvalue weighted by Crippen LogP contribution is 2.26. The molecule has 0 atom stereocenters. The average Bonchev–Trinajstić information content (AvgIpc) is 3.08. The van der Waals surface area contributed by atoms with Gasteiger partial charge in [-0.1, -0.05) is 40.8 Å². The lowest BCUT2D eigenvalue weighted by Crippen LogP contribution is -2.14. The number of anilines is 1. The topological polar surface area (TPSA) is 59.8 Å². The number of rotatable bonds is 5. The molecule has 140 valence electrons. The number of pyridine rings is 1. The number of carbonyl (C=O) groups excluding carboxylic acids is 1. The zero-order valence-corrected chi connectivity index (χ0v) is 17.5. The molecule has 1 N–H and O–H groups in total. The molecule has 5 nitrogen and oxygen atoms in total. The minimum absolute atomic E-state index is 0.111. The first-order valence-electron chi connectivity index (χ1n) is 8.23. The molecule has 0 aliphatic rings. The molecule has 0 aliphatic carbocycles. The first-order chi connectivity index (χ1) is 13.6. The van der Waals surface area contributed by atoms with Crippen LogP contribution in [0.1, 0.15) is 0 Å². The van der Waals surface area contributed by atoms with E-state index in [-0.39, 0.29) is 11.7 Å². The number of halogens is 1. The van der Waals surface area contributed by atoms with Crippen LogP contribution in [0.4, 0.5) is 5.69 Å². The van der Waals surface area contributed by atoms with Crippen molar-refractivity contribution in [3.05, 3.63) is 69.8 Å². The Morgan fingerprint density at radius 1 is 1.18 bits per heavy atom. The van der Waals surface area contributed by atoms with Crippen LogP contribution in [0.2, 0.25) is 5.02 Å². The van der Waals surface area contributed by atoms with Gasteiger partial charge < -0.3 is 5.32 Å². The molecule has 2 heterocycles. The van der Waals surface area contributed by atoms with Crippen LogP contribution in [0.25, 0.3) is 16.6 Å². The van der Waals surface area contributed by atoms with E-state index >= 15 is 0 Å². The molecule has 4 aromatic rings. The van der Waals surface area contributed by atoms with Crippen molar-refractivity contribution in [1.82, 2.24) is 14.8 Å². The van der Waals surface area contributed by atoms with E-state index in [4.69, 9.17) is 23.8 Å². The van der Waals surface area contributed by atoms with Crippen molar-refractivity contribution in [1.29, 1.82) is 0 Å². The number of hydrogen-bond acceptors (Lipinski definition) is 6. The molecule has 0 spiro atoms. The number of nitrogens with zero attached hydrogens (tertiary/aromatic N) is 3. The number of aromatic nitrogens is 3. The van der Waals surface area contributed by atoms with E-state index in [1.54, 1.807) is 23.0 Å². The van der Waals surface area contributed by atoms with Gasteiger partial charge in [0.15, 0.2) is 8.29 Å². The van der Waals surface area contributed by atoms with Crippen molar-refractivity contribution in [2.45, 2.75) is 4.34 Å². The molecular formula is C19H13ClN4OS3. The Kier molecular flexibility index (Phi) is 5.72. The van der Waals surface area contributed by atoms with Gasteiger partial charge in [0.05, 0.1) is 22.6 Å². The summed E-state index contributed by atoms with van der Waals surface area (Å²) in [5, 5.41) is 9.01. The first-order valence-corrected chi connectivity index (χ1v) is 10.8. The summed E-state index contributed by atoms with van der Waals surface area (Å²) in [6.07, 6.45) is 1.73. The Labute approximate surface area is 179 Å². The van der Waals surface area contributed by atoms with Crippen molar-refractivity contribution in [3.63, 3.8) is 0 Å². The molecule has 2 aromatic heterocycles. The third-order valence-corrected chi connectivity index (χ3v) is 6.46. The fourth-order valence-corrected chi connectivity index (χ4v) is 4.88. The van der Waals surface area contributed by atoms with Crippen molar-refractivity contribution >= 4 is 69.4 Å². The summed E-state index contributed by atoms with van der Waals surface area (Å²) in [5.41, 5.74) is 2.42. The molecule has 0 bridgehead atoms. The van der Waals surface area contributed by atoms with Crippen LogP contribution < -0.4 is 5.32 Å². The standard InChI is InChI=1S/C19H13ClN4OS3/c20-12-6-8-13(9-7-12)24-19(26)28-18(23-24)27-11-17(25)22-16-5-1-4-15-14(16)3-2-10-21-15/h1-10H,11H2,(H,22,25). The van der Waals surface area contributed by atoms with Crippen LogP contribution >= 0.6 is 46.9 Å². The smallest absolute Gasteiger partial charge is 0.234 e. The number of thioether (sulfide) groups is 1. The summed E-state index contributed by atoms with van der Waals surface area (Å²) in [6.45, 7) is 0. The first kappa shape index (κ1) is 19.1. The summed E-state index contributed by atoms with van der Waals surface area (Å²) in [4.78, 5) is 16.7. The van der Waals surface area contributed by atoms with Crippen LogP contribution in [0, 0.1) is 3.95 Å². The van der Waals surface area contributed by atoms with E-state index in [1.165, 1.54) is 23.1 Å². The highest BCUT2D eigenvalue weighted by molar-refractivity contribution is 8.01. The van der Waals surface area contributed by atoms with E-state index in [9.17, 15) is 4.79 Å². The quantitative estimate of drug-likeness (QED) is 0.321. The molecule has 2 aromatic carbocycles. The maximum absolute atomic E-state index is 12.4. The molecule has 0 aliphatic heterocycles. The van der Waals surface area contributed by atoms with Crippen LogP contribution in [-0.4, -0.2) is 26.4 Å². The predicted molar refractivity (Wildman–Crippen MR) is 118 cm³/mol. The maximum atomic E-state index is 12.4. The van der Waals surface area contributed by atoms with Gasteiger partial charge in [-0.2, -0.15) is 0 Å². The summed E-state index contributed by atoms with van der Waals surface area (Å²) in [5.74, 6) is 0.125. The number of nitrogens with one attached hydrogen (secondary N) is 1. The summed E-state index contributed by atoms with van der Waals surface area (Å²) in [6, 6.07) is 16.7. The van der Waals surface area contributed by atoms with Crippen LogP contribution in [0.5, 0.6) is 0 Å². The van der Waals surface area contributed by atoms with Gasteiger partial charge in [0.25, 0.3) is 0 Å². The van der Waals surface area contributed by atoms with Gasteiger partial charge in [0.1, 0.15) is 0 Å². The molecule has 0 saturated heterocycles. The molecule has 9 heteroatoms. The molecule has 28 heavy (non-hydrogen) atoms. The fraction of sp³-hybridized carbons (Fsp3) is 0.0526. The van der Waals surface area contributed by atoms with E-state index in [0.29, 0.717) is 8.98 Å². The molecule has 0 saturated carbocycles. The zero-order chi connectivity index (χ0) is 19.5. The second-order valence-corrected chi connectivity index (χ2v) is 9.02.